The zero-order chi connectivity index (χ0) is 20.8. The Labute approximate surface area is 164 Å². The highest BCUT2D eigenvalue weighted by molar-refractivity contribution is 6.06. The number of fused-ring (bicyclic) bond motifs is 1. The number of nitrogens with zero attached hydrogens (tertiary/aromatic N) is 4. The summed E-state index contributed by atoms with van der Waals surface area (Å²) < 4.78 is 48.4. The smallest absolute Gasteiger partial charge is 0.378 e. The lowest BCUT2D eigenvalue weighted by molar-refractivity contribution is -0.180. The first-order valence-corrected chi connectivity index (χ1v) is 9.13. The highest BCUT2D eigenvalue weighted by atomic mass is 19.4. The van der Waals surface area contributed by atoms with Crippen LogP contribution in [0.2, 0.25) is 0 Å². The molecule has 0 spiro atoms. The van der Waals surface area contributed by atoms with Crippen molar-refractivity contribution in [3.8, 4) is 0 Å². The molecule has 0 aliphatic carbocycles. The molecule has 10 heteroatoms. The van der Waals surface area contributed by atoms with Crippen LogP contribution in [0.1, 0.15) is 17.3 Å². The molecule has 7 nitrogen and oxygen atoms in total. The Morgan fingerprint density at radius 3 is 2.45 bits per heavy atom. The van der Waals surface area contributed by atoms with Gasteiger partial charge in [0.1, 0.15) is 5.82 Å². The van der Waals surface area contributed by atoms with Gasteiger partial charge in [-0.25, -0.2) is 0 Å². The summed E-state index contributed by atoms with van der Waals surface area (Å²) in [4.78, 5) is 32.4. The molecule has 1 fully saturated rings. The number of hydrogen-bond donors (Lipinski definition) is 0. The summed E-state index contributed by atoms with van der Waals surface area (Å²) in [6.07, 6.45) is -4.77. The highest BCUT2D eigenvalue weighted by Crippen LogP contribution is 2.44. The minimum atomic E-state index is -4.77. The standard InChI is InChI=1S/C19H19F3N4O3/c1-18(19(20,21)22)12-25-15(27)11-14(24-7-9-29-10-8-24)23-17(25)26(18)16(28)13-5-3-2-4-6-13/h2-6,11H,7-10,12H2,1H3/t18-/m0/s1. The lowest BCUT2D eigenvalue weighted by Gasteiger charge is -2.35. The molecule has 0 radical (unpaired) electrons. The number of carbonyl (C=O) groups is 1. The number of carbonyl (C=O) groups excluding carboxylic acids is 1. The normalized spacial score (nSPS) is 21.9. The van der Waals surface area contributed by atoms with Gasteiger partial charge in [-0.15, -0.1) is 0 Å². The minimum Gasteiger partial charge on any atom is -0.378 e. The maximum absolute atomic E-state index is 14.1. The van der Waals surface area contributed by atoms with E-state index in [1.807, 2.05) is 0 Å². The summed E-state index contributed by atoms with van der Waals surface area (Å²) in [5.41, 5.74) is -3.14. The number of morpholine rings is 1. The van der Waals surface area contributed by atoms with Gasteiger partial charge in [0, 0.05) is 24.7 Å². The first-order chi connectivity index (χ1) is 13.7. The molecule has 2 aliphatic rings. The molecule has 1 atom stereocenters. The van der Waals surface area contributed by atoms with Crippen LogP contribution in [-0.2, 0) is 11.3 Å². The molecule has 2 aliphatic heterocycles. The Morgan fingerprint density at radius 1 is 1.17 bits per heavy atom. The van der Waals surface area contributed by atoms with E-state index >= 15 is 0 Å². The molecule has 3 heterocycles. The van der Waals surface area contributed by atoms with Gasteiger partial charge in [-0.2, -0.15) is 18.2 Å². The molecule has 1 saturated heterocycles. The van der Waals surface area contributed by atoms with Gasteiger partial charge < -0.3 is 9.64 Å². The number of ether oxygens (including phenoxy) is 1. The van der Waals surface area contributed by atoms with Crippen molar-refractivity contribution in [2.24, 2.45) is 0 Å². The summed E-state index contributed by atoms with van der Waals surface area (Å²) in [6.45, 7) is 1.97. The van der Waals surface area contributed by atoms with Gasteiger partial charge in [0.15, 0.2) is 5.54 Å². The summed E-state index contributed by atoms with van der Waals surface area (Å²) in [7, 11) is 0. The van der Waals surface area contributed by atoms with E-state index in [1.54, 1.807) is 23.1 Å². The van der Waals surface area contributed by atoms with E-state index in [0.29, 0.717) is 31.2 Å². The van der Waals surface area contributed by atoms with Gasteiger partial charge in [0.2, 0.25) is 5.95 Å². The number of hydrogen-bond acceptors (Lipinski definition) is 5. The van der Waals surface area contributed by atoms with Gasteiger partial charge in [0.25, 0.3) is 11.5 Å². The molecule has 2 aromatic rings. The molecular weight excluding hydrogens is 389 g/mol. The van der Waals surface area contributed by atoms with E-state index in [9.17, 15) is 22.8 Å². The second kappa shape index (κ2) is 6.87. The van der Waals surface area contributed by atoms with E-state index in [2.05, 4.69) is 4.98 Å². The van der Waals surface area contributed by atoms with Crippen LogP contribution in [0.3, 0.4) is 0 Å². The van der Waals surface area contributed by atoms with Gasteiger partial charge in [-0.05, 0) is 19.1 Å². The molecule has 29 heavy (non-hydrogen) atoms. The number of aromatic nitrogens is 2. The lowest BCUT2D eigenvalue weighted by atomic mass is 9.99. The Bertz CT molecular complexity index is 986. The van der Waals surface area contributed by atoms with Crippen molar-refractivity contribution in [1.82, 2.24) is 9.55 Å². The summed E-state index contributed by atoms with van der Waals surface area (Å²) in [5.74, 6) is -0.919. The summed E-state index contributed by atoms with van der Waals surface area (Å²) in [5, 5.41) is 0. The molecule has 0 N–H and O–H groups in total. The van der Waals surface area contributed by atoms with Crippen LogP contribution in [0.25, 0.3) is 0 Å². The average Bonchev–Trinajstić information content (AvgIpc) is 3.03. The molecule has 0 bridgehead atoms. The molecule has 154 valence electrons. The average molecular weight is 408 g/mol. The third-order valence-electron chi connectivity index (χ3n) is 5.30. The van der Waals surface area contributed by atoms with Crippen molar-refractivity contribution in [1.29, 1.82) is 0 Å². The maximum atomic E-state index is 14.1. The monoisotopic (exact) mass is 408 g/mol. The van der Waals surface area contributed by atoms with Crippen LogP contribution < -0.4 is 15.4 Å². The quantitative estimate of drug-likeness (QED) is 0.761. The van der Waals surface area contributed by atoms with Gasteiger partial charge in [-0.1, -0.05) is 18.2 Å². The number of amides is 1. The van der Waals surface area contributed by atoms with Crippen molar-refractivity contribution < 1.29 is 22.7 Å². The maximum Gasteiger partial charge on any atom is 0.413 e. The SMILES string of the molecule is C[C@@]1(C(F)(F)F)Cn2c(nc(N3CCOCC3)cc2=O)N1C(=O)c1ccccc1. The van der Waals surface area contributed by atoms with Crippen LogP contribution in [0, 0.1) is 0 Å². The van der Waals surface area contributed by atoms with Gasteiger partial charge in [0.05, 0.1) is 19.8 Å². The lowest BCUT2D eigenvalue weighted by Crippen LogP contribution is -2.58. The Kier molecular flexibility index (Phi) is 4.60. The molecule has 1 amide bonds. The zero-order valence-electron chi connectivity index (χ0n) is 15.6. The number of alkyl halides is 3. The Morgan fingerprint density at radius 2 is 1.83 bits per heavy atom. The first-order valence-electron chi connectivity index (χ1n) is 9.13. The zero-order valence-corrected chi connectivity index (χ0v) is 15.6. The van der Waals surface area contributed by atoms with Crippen LogP contribution in [0.5, 0.6) is 0 Å². The van der Waals surface area contributed by atoms with Crippen LogP contribution in [0.4, 0.5) is 24.9 Å². The Hall–Kier alpha value is -2.88. The fourth-order valence-corrected chi connectivity index (χ4v) is 3.60. The van der Waals surface area contributed by atoms with E-state index in [-0.39, 0.29) is 17.3 Å². The van der Waals surface area contributed by atoms with Crippen molar-refractivity contribution in [3.63, 3.8) is 0 Å². The Balaban J connectivity index is 1.86. The second-order valence-electron chi connectivity index (χ2n) is 7.22. The van der Waals surface area contributed by atoms with Gasteiger partial charge in [-0.3, -0.25) is 19.1 Å². The molecule has 4 rings (SSSR count). The topological polar surface area (TPSA) is 67.7 Å². The predicted octanol–water partition coefficient (Wildman–Crippen LogP) is 2.06. The first kappa shape index (κ1) is 19.4. The van der Waals surface area contributed by atoms with E-state index in [4.69, 9.17) is 4.74 Å². The van der Waals surface area contributed by atoms with E-state index in [0.717, 1.165) is 11.5 Å². The summed E-state index contributed by atoms with van der Waals surface area (Å²) in [6, 6.07) is 8.88. The molecule has 0 saturated carbocycles. The highest BCUT2D eigenvalue weighted by Gasteiger charge is 2.62. The number of anilines is 2. The summed E-state index contributed by atoms with van der Waals surface area (Å²) >= 11 is 0. The van der Waals surface area contributed by atoms with Crippen molar-refractivity contribution in [2.75, 3.05) is 36.1 Å². The van der Waals surface area contributed by atoms with Crippen LogP contribution in [0.15, 0.2) is 41.2 Å². The van der Waals surface area contributed by atoms with E-state index < -0.39 is 29.7 Å². The van der Waals surface area contributed by atoms with E-state index in [1.165, 1.54) is 18.2 Å². The molecular formula is C19H19F3N4O3. The predicted molar refractivity (Wildman–Crippen MR) is 99.2 cm³/mol. The van der Waals surface area contributed by atoms with Crippen LogP contribution in [-0.4, -0.2) is 53.5 Å². The largest absolute Gasteiger partial charge is 0.413 e. The van der Waals surface area contributed by atoms with Crippen molar-refractivity contribution >= 4 is 17.7 Å². The number of rotatable bonds is 2. The molecule has 1 aromatic carbocycles. The second-order valence-corrected chi connectivity index (χ2v) is 7.22. The van der Waals surface area contributed by atoms with Crippen molar-refractivity contribution in [3.05, 3.63) is 52.3 Å². The van der Waals surface area contributed by atoms with Gasteiger partial charge >= 0.3 is 6.18 Å². The third-order valence-corrected chi connectivity index (χ3v) is 5.30. The molecule has 1 aromatic heterocycles. The van der Waals surface area contributed by atoms with Crippen molar-refractivity contribution in [2.45, 2.75) is 25.2 Å². The number of halogens is 3. The fourth-order valence-electron chi connectivity index (χ4n) is 3.60. The molecule has 0 unspecified atom stereocenters. The number of benzene rings is 1. The van der Waals surface area contributed by atoms with Crippen LogP contribution >= 0.6 is 0 Å². The fraction of sp³-hybridized carbons (Fsp3) is 0.421. The third kappa shape index (κ3) is 3.17. The minimum absolute atomic E-state index is 0.0856.